The maximum Gasteiger partial charge on any atom is 0.0303 e. The highest BCUT2D eigenvalue weighted by atomic mass is 14.9. The largest absolute Gasteiger partial charge is 0.316 e. The van der Waals surface area contributed by atoms with Gasteiger partial charge in [0.05, 0.1) is 0 Å². The molecule has 0 aliphatic rings. The first-order chi connectivity index (χ1) is 8.69. The second-order valence-corrected chi connectivity index (χ2v) is 5.52. The molecule has 0 radical (unpaired) electrons. The van der Waals surface area contributed by atoms with Crippen LogP contribution < -0.4 is 5.32 Å². The summed E-state index contributed by atoms with van der Waals surface area (Å²) in [6, 6.07) is 4.26. The van der Waals surface area contributed by atoms with Crippen molar-refractivity contribution in [1.29, 1.82) is 0 Å². The Balaban J connectivity index is 2.69. The van der Waals surface area contributed by atoms with E-state index in [2.05, 4.69) is 44.1 Å². The summed E-state index contributed by atoms with van der Waals surface area (Å²) in [5.41, 5.74) is 1.38. The molecule has 0 amide bonds. The molecular weight excluding hydrogens is 220 g/mol. The van der Waals surface area contributed by atoms with Crippen LogP contribution in [-0.2, 0) is 0 Å². The Morgan fingerprint density at radius 3 is 2.39 bits per heavy atom. The van der Waals surface area contributed by atoms with Gasteiger partial charge >= 0.3 is 0 Å². The Bertz CT molecular complexity index is 304. The number of pyridine rings is 1. The average molecular weight is 248 g/mol. The van der Waals surface area contributed by atoms with Crippen LogP contribution in [0.3, 0.4) is 0 Å². The Kier molecular flexibility index (Phi) is 6.96. The predicted octanol–water partition coefficient (Wildman–Crippen LogP) is 3.85. The molecule has 2 nitrogen and oxygen atoms in total. The molecule has 0 spiro atoms. The minimum Gasteiger partial charge on any atom is -0.316 e. The zero-order valence-corrected chi connectivity index (χ0v) is 12.3. The van der Waals surface area contributed by atoms with Gasteiger partial charge in [0.1, 0.15) is 0 Å². The molecule has 1 heterocycles. The molecule has 0 fully saturated rings. The molecule has 0 saturated heterocycles. The van der Waals surface area contributed by atoms with E-state index in [1.807, 2.05) is 18.5 Å². The molecule has 0 bridgehead atoms. The number of nitrogens with one attached hydrogen (secondary N) is 1. The first kappa shape index (κ1) is 15.2. The Hall–Kier alpha value is -0.890. The lowest BCUT2D eigenvalue weighted by molar-refractivity contribution is 0.372. The zero-order valence-electron chi connectivity index (χ0n) is 12.3. The van der Waals surface area contributed by atoms with Gasteiger partial charge in [-0.25, -0.2) is 0 Å². The summed E-state index contributed by atoms with van der Waals surface area (Å²) in [6.45, 7) is 11.2. The smallest absolute Gasteiger partial charge is 0.0303 e. The average Bonchev–Trinajstić information content (AvgIpc) is 2.39. The van der Waals surface area contributed by atoms with Gasteiger partial charge in [0, 0.05) is 24.9 Å². The van der Waals surface area contributed by atoms with Crippen molar-refractivity contribution in [2.75, 3.05) is 13.1 Å². The number of hydrogen-bond acceptors (Lipinski definition) is 2. The van der Waals surface area contributed by atoms with E-state index in [9.17, 15) is 0 Å². The third-order valence-electron chi connectivity index (χ3n) is 3.65. The molecule has 18 heavy (non-hydrogen) atoms. The van der Waals surface area contributed by atoms with E-state index >= 15 is 0 Å². The van der Waals surface area contributed by atoms with Gasteiger partial charge in [-0.2, -0.15) is 0 Å². The van der Waals surface area contributed by atoms with Gasteiger partial charge < -0.3 is 5.32 Å². The monoisotopic (exact) mass is 248 g/mol. The zero-order chi connectivity index (χ0) is 13.4. The Labute approximate surface area is 112 Å². The van der Waals surface area contributed by atoms with Crippen molar-refractivity contribution in [3.8, 4) is 0 Å². The third-order valence-corrected chi connectivity index (χ3v) is 3.65. The molecule has 0 aromatic carbocycles. The fourth-order valence-corrected chi connectivity index (χ4v) is 2.54. The van der Waals surface area contributed by atoms with E-state index < -0.39 is 0 Å². The van der Waals surface area contributed by atoms with Crippen molar-refractivity contribution < 1.29 is 0 Å². The van der Waals surface area contributed by atoms with Crippen molar-refractivity contribution >= 4 is 0 Å². The lowest BCUT2D eigenvalue weighted by Crippen LogP contribution is -2.29. The molecule has 102 valence electrons. The van der Waals surface area contributed by atoms with Crippen LogP contribution in [0.5, 0.6) is 0 Å². The van der Waals surface area contributed by atoms with Crippen LogP contribution in [0.2, 0.25) is 0 Å². The summed E-state index contributed by atoms with van der Waals surface area (Å²) in [6.07, 6.45) is 6.36. The standard InChI is InChI=1S/C16H28N2/c1-5-14(6-2)16(12-18-10-13(3)4)15-8-7-9-17-11-15/h7-9,11,13-14,16,18H,5-6,10,12H2,1-4H3. The van der Waals surface area contributed by atoms with Crippen LogP contribution in [-0.4, -0.2) is 18.1 Å². The van der Waals surface area contributed by atoms with E-state index in [0.29, 0.717) is 11.8 Å². The highest BCUT2D eigenvalue weighted by molar-refractivity contribution is 5.16. The molecule has 0 aliphatic heterocycles. The van der Waals surface area contributed by atoms with Gasteiger partial charge in [0.25, 0.3) is 0 Å². The second kappa shape index (κ2) is 8.25. The minimum atomic E-state index is 0.590. The van der Waals surface area contributed by atoms with Gasteiger partial charge in [0.2, 0.25) is 0 Å². The van der Waals surface area contributed by atoms with E-state index in [-0.39, 0.29) is 0 Å². The van der Waals surface area contributed by atoms with Crippen molar-refractivity contribution in [3.05, 3.63) is 30.1 Å². The molecule has 0 saturated carbocycles. The summed E-state index contributed by atoms with van der Waals surface area (Å²) < 4.78 is 0. The molecule has 1 aromatic heterocycles. The van der Waals surface area contributed by atoms with Gasteiger partial charge in [-0.15, -0.1) is 0 Å². The normalized spacial score (nSPS) is 13.2. The molecule has 2 heteroatoms. The van der Waals surface area contributed by atoms with Crippen LogP contribution in [0.25, 0.3) is 0 Å². The van der Waals surface area contributed by atoms with E-state index in [1.165, 1.54) is 18.4 Å². The third kappa shape index (κ3) is 4.77. The quantitative estimate of drug-likeness (QED) is 0.756. The van der Waals surface area contributed by atoms with E-state index in [1.54, 1.807) is 0 Å². The summed E-state index contributed by atoms with van der Waals surface area (Å²) in [5.74, 6) is 2.04. The van der Waals surface area contributed by atoms with Crippen molar-refractivity contribution in [2.45, 2.75) is 46.5 Å². The van der Waals surface area contributed by atoms with Gasteiger partial charge in [-0.3, -0.25) is 4.98 Å². The number of nitrogens with zero attached hydrogens (tertiary/aromatic N) is 1. The predicted molar refractivity (Wildman–Crippen MR) is 78.8 cm³/mol. The fraction of sp³-hybridized carbons (Fsp3) is 0.688. The van der Waals surface area contributed by atoms with E-state index in [4.69, 9.17) is 0 Å². The number of hydrogen-bond donors (Lipinski definition) is 1. The van der Waals surface area contributed by atoms with Crippen molar-refractivity contribution in [2.24, 2.45) is 11.8 Å². The summed E-state index contributed by atoms with van der Waals surface area (Å²) in [4.78, 5) is 4.27. The van der Waals surface area contributed by atoms with Crippen LogP contribution in [0.1, 0.15) is 52.0 Å². The fourth-order valence-electron chi connectivity index (χ4n) is 2.54. The van der Waals surface area contributed by atoms with Crippen LogP contribution >= 0.6 is 0 Å². The number of aromatic nitrogens is 1. The van der Waals surface area contributed by atoms with Gasteiger partial charge in [0.15, 0.2) is 0 Å². The molecule has 1 atom stereocenters. The second-order valence-electron chi connectivity index (χ2n) is 5.52. The molecule has 1 N–H and O–H groups in total. The first-order valence-electron chi connectivity index (χ1n) is 7.29. The van der Waals surface area contributed by atoms with Crippen LogP contribution in [0.15, 0.2) is 24.5 Å². The van der Waals surface area contributed by atoms with Gasteiger partial charge in [-0.05, 0) is 30.0 Å². The summed E-state index contributed by atoms with van der Waals surface area (Å²) >= 11 is 0. The Morgan fingerprint density at radius 1 is 1.17 bits per heavy atom. The first-order valence-corrected chi connectivity index (χ1v) is 7.29. The van der Waals surface area contributed by atoms with Gasteiger partial charge in [-0.1, -0.05) is 46.6 Å². The van der Waals surface area contributed by atoms with Crippen molar-refractivity contribution in [3.63, 3.8) is 0 Å². The highest BCUT2D eigenvalue weighted by Gasteiger charge is 2.20. The van der Waals surface area contributed by atoms with Crippen LogP contribution in [0, 0.1) is 11.8 Å². The lowest BCUT2D eigenvalue weighted by atomic mass is 9.83. The minimum absolute atomic E-state index is 0.590. The SMILES string of the molecule is CCC(CC)C(CNCC(C)C)c1cccnc1. The summed E-state index contributed by atoms with van der Waals surface area (Å²) in [7, 11) is 0. The van der Waals surface area contributed by atoms with Crippen molar-refractivity contribution in [1.82, 2.24) is 10.3 Å². The highest BCUT2D eigenvalue weighted by Crippen LogP contribution is 2.28. The topological polar surface area (TPSA) is 24.9 Å². The van der Waals surface area contributed by atoms with Crippen LogP contribution in [0.4, 0.5) is 0 Å². The lowest BCUT2D eigenvalue weighted by Gasteiger charge is -2.26. The number of rotatable bonds is 8. The maximum atomic E-state index is 4.27. The molecule has 1 unspecified atom stereocenters. The molecular formula is C16H28N2. The van der Waals surface area contributed by atoms with E-state index in [0.717, 1.165) is 19.0 Å². The summed E-state index contributed by atoms with van der Waals surface area (Å²) in [5, 5.41) is 3.60. The molecule has 1 rings (SSSR count). The molecule has 1 aromatic rings. The maximum absolute atomic E-state index is 4.27. The molecule has 0 aliphatic carbocycles. The Morgan fingerprint density at radius 2 is 1.89 bits per heavy atom.